The van der Waals surface area contributed by atoms with Crippen molar-refractivity contribution < 1.29 is 14.6 Å². The number of nitrogens with zero attached hydrogens (tertiary/aromatic N) is 3. The number of aromatic nitrogens is 4. The molecule has 1 saturated carbocycles. The molecule has 8 nitrogen and oxygen atoms in total. The van der Waals surface area contributed by atoms with Crippen LogP contribution in [0.4, 0.5) is 5.82 Å². The summed E-state index contributed by atoms with van der Waals surface area (Å²) < 4.78 is 5.91. The number of carbonyl (C=O) groups is 1. The highest BCUT2D eigenvalue weighted by Gasteiger charge is 2.19. The van der Waals surface area contributed by atoms with E-state index < -0.39 is 11.5 Å². The average molecular weight is 526 g/mol. The molecule has 0 aliphatic heterocycles. The smallest absolute Gasteiger partial charge is 0.296 e. The van der Waals surface area contributed by atoms with Gasteiger partial charge in [0.25, 0.3) is 5.91 Å². The lowest BCUT2D eigenvalue weighted by Crippen LogP contribution is -2.19. The molecule has 0 bridgehead atoms. The number of anilines is 1. The zero-order chi connectivity index (χ0) is 26.4. The molecule has 1 amide bonds. The molecule has 0 atom stereocenters. The first-order valence-corrected chi connectivity index (χ1v) is 13.4. The van der Waals surface area contributed by atoms with Gasteiger partial charge in [0, 0.05) is 18.2 Å². The van der Waals surface area contributed by atoms with E-state index >= 15 is 0 Å². The molecular formula is C28H36ClN5O3. The minimum absolute atomic E-state index is 0.0988. The third kappa shape index (κ3) is 7.76. The van der Waals surface area contributed by atoms with Gasteiger partial charge in [-0.1, -0.05) is 49.8 Å². The first-order valence-electron chi connectivity index (χ1n) is 13.0. The van der Waals surface area contributed by atoms with Crippen molar-refractivity contribution in [3.63, 3.8) is 0 Å². The zero-order valence-corrected chi connectivity index (χ0v) is 22.6. The second-order valence-corrected chi connectivity index (χ2v) is 11.0. The molecular weight excluding hydrogens is 490 g/mol. The van der Waals surface area contributed by atoms with Crippen LogP contribution in [-0.2, 0) is 6.42 Å². The van der Waals surface area contributed by atoms with Gasteiger partial charge in [-0.3, -0.25) is 9.89 Å². The number of hydrogen-bond donors (Lipinski definition) is 3. The van der Waals surface area contributed by atoms with Crippen LogP contribution in [0.5, 0.6) is 5.75 Å². The van der Waals surface area contributed by atoms with Crippen LogP contribution in [0.3, 0.4) is 0 Å². The highest BCUT2D eigenvalue weighted by atomic mass is 35.5. The van der Waals surface area contributed by atoms with Crippen molar-refractivity contribution in [1.29, 1.82) is 0 Å². The number of aliphatic hydroxyl groups is 1. The normalized spacial score (nSPS) is 14.5. The predicted molar refractivity (Wildman–Crippen MR) is 145 cm³/mol. The standard InChI is InChI=1S/C28H36ClN5O3/c1-18-10-11-20(37-13-7-12-28(2,3)36)15-21(18)22-16-24(30-17-23(22)29)32-27(35)26-31-25(33-34-26)14-19-8-5-4-6-9-19/h10-11,15-17,19,36H,4-9,12-14H2,1-3H3,(H,30,32,35)(H,31,33,34). The van der Waals surface area contributed by atoms with Gasteiger partial charge in [-0.2, -0.15) is 0 Å². The minimum atomic E-state index is -0.713. The lowest BCUT2D eigenvalue weighted by Gasteiger charge is -2.19. The van der Waals surface area contributed by atoms with Crippen LogP contribution in [0.15, 0.2) is 30.5 Å². The van der Waals surface area contributed by atoms with Gasteiger partial charge in [-0.05, 0) is 68.9 Å². The molecule has 4 rings (SSSR count). The lowest BCUT2D eigenvalue weighted by atomic mass is 9.87. The third-order valence-electron chi connectivity index (χ3n) is 6.74. The second-order valence-electron chi connectivity index (χ2n) is 10.6. The summed E-state index contributed by atoms with van der Waals surface area (Å²) >= 11 is 6.51. The zero-order valence-electron chi connectivity index (χ0n) is 21.8. The number of pyridine rings is 1. The molecule has 1 aliphatic rings. The minimum Gasteiger partial charge on any atom is -0.494 e. The quantitative estimate of drug-likeness (QED) is 0.274. The van der Waals surface area contributed by atoms with Crippen LogP contribution in [0.1, 0.15) is 80.8 Å². The van der Waals surface area contributed by atoms with Gasteiger partial charge in [0.1, 0.15) is 17.4 Å². The molecule has 37 heavy (non-hydrogen) atoms. The van der Waals surface area contributed by atoms with Gasteiger partial charge >= 0.3 is 0 Å². The Labute approximate surface area is 223 Å². The first kappa shape index (κ1) is 27.1. The maximum Gasteiger partial charge on any atom is 0.296 e. The number of nitrogens with one attached hydrogen (secondary N) is 2. The Morgan fingerprint density at radius 1 is 1.22 bits per heavy atom. The molecule has 3 N–H and O–H groups in total. The van der Waals surface area contributed by atoms with Gasteiger partial charge in [-0.25, -0.2) is 9.97 Å². The van der Waals surface area contributed by atoms with Crippen molar-refractivity contribution in [1.82, 2.24) is 20.2 Å². The van der Waals surface area contributed by atoms with Crippen molar-refractivity contribution in [3.05, 3.63) is 52.7 Å². The van der Waals surface area contributed by atoms with E-state index in [1.807, 2.05) is 25.1 Å². The Morgan fingerprint density at radius 3 is 2.76 bits per heavy atom. The van der Waals surface area contributed by atoms with E-state index in [1.54, 1.807) is 19.9 Å². The Balaban J connectivity index is 1.43. The number of rotatable bonds is 10. The summed E-state index contributed by atoms with van der Waals surface area (Å²) in [6, 6.07) is 7.56. The summed E-state index contributed by atoms with van der Waals surface area (Å²) in [7, 11) is 0. The number of H-pyrrole nitrogens is 1. The lowest BCUT2D eigenvalue weighted by molar-refractivity contribution is 0.0641. The molecule has 1 aliphatic carbocycles. The van der Waals surface area contributed by atoms with E-state index in [-0.39, 0.29) is 5.82 Å². The van der Waals surface area contributed by atoms with Crippen molar-refractivity contribution in [2.24, 2.45) is 5.92 Å². The SMILES string of the molecule is Cc1ccc(OCCCC(C)(C)O)cc1-c1cc(NC(=O)c2n[nH]c(CC3CCCCC3)n2)ncc1Cl. The number of ether oxygens (including phenoxy) is 1. The van der Waals surface area contributed by atoms with Gasteiger partial charge < -0.3 is 15.2 Å². The van der Waals surface area contributed by atoms with E-state index in [9.17, 15) is 9.90 Å². The summed E-state index contributed by atoms with van der Waals surface area (Å²) in [5.41, 5.74) is 1.92. The second kappa shape index (κ2) is 12.0. The average Bonchev–Trinajstić information content (AvgIpc) is 3.33. The fraction of sp³-hybridized carbons (Fsp3) is 0.500. The highest BCUT2D eigenvalue weighted by molar-refractivity contribution is 6.33. The van der Waals surface area contributed by atoms with E-state index in [0.717, 1.165) is 35.4 Å². The van der Waals surface area contributed by atoms with Crippen LogP contribution in [0, 0.1) is 12.8 Å². The summed E-state index contributed by atoms with van der Waals surface area (Å²) in [6.07, 6.45) is 9.95. The fourth-order valence-electron chi connectivity index (χ4n) is 4.71. The number of aromatic amines is 1. The molecule has 1 aromatic carbocycles. The number of hydrogen-bond acceptors (Lipinski definition) is 6. The van der Waals surface area contributed by atoms with Crippen molar-refractivity contribution in [2.45, 2.75) is 77.7 Å². The van der Waals surface area contributed by atoms with Crippen LogP contribution < -0.4 is 10.1 Å². The molecule has 1 fully saturated rings. The third-order valence-corrected chi connectivity index (χ3v) is 7.04. The highest BCUT2D eigenvalue weighted by Crippen LogP contribution is 2.34. The van der Waals surface area contributed by atoms with Gasteiger partial charge in [0.05, 0.1) is 17.2 Å². The molecule has 9 heteroatoms. The van der Waals surface area contributed by atoms with Gasteiger partial charge in [0.2, 0.25) is 5.82 Å². The fourth-order valence-corrected chi connectivity index (χ4v) is 4.92. The molecule has 3 aromatic rings. The van der Waals surface area contributed by atoms with Crippen LogP contribution in [0.25, 0.3) is 11.1 Å². The van der Waals surface area contributed by atoms with E-state index in [0.29, 0.717) is 35.5 Å². The van der Waals surface area contributed by atoms with E-state index in [2.05, 4.69) is 25.5 Å². The summed E-state index contributed by atoms with van der Waals surface area (Å²) in [5, 5.41) is 20.2. The summed E-state index contributed by atoms with van der Waals surface area (Å²) in [4.78, 5) is 21.5. The number of benzene rings is 1. The Morgan fingerprint density at radius 2 is 2.00 bits per heavy atom. The topological polar surface area (TPSA) is 113 Å². The molecule has 0 unspecified atom stereocenters. The first-order chi connectivity index (χ1) is 17.7. The molecule has 2 aromatic heterocycles. The maximum atomic E-state index is 12.8. The molecule has 198 valence electrons. The van der Waals surface area contributed by atoms with Crippen molar-refractivity contribution >= 4 is 23.3 Å². The number of carbonyl (C=O) groups excluding carboxylic acids is 1. The number of halogens is 1. The monoisotopic (exact) mass is 525 g/mol. The van der Waals surface area contributed by atoms with E-state index in [1.165, 1.54) is 38.3 Å². The molecule has 2 heterocycles. The van der Waals surface area contributed by atoms with Crippen LogP contribution in [0.2, 0.25) is 5.02 Å². The largest absolute Gasteiger partial charge is 0.494 e. The summed E-state index contributed by atoms with van der Waals surface area (Å²) in [5.74, 6) is 2.09. The van der Waals surface area contributed by atoms with Crippen LogP contribution >= 0.6 is 11.6 Å². The number of aryl methyl sites for hydroxylation is 1. The van der Waals surface area contributed by atoms with Gasteiger partial charge in [0.15, 0.2) is 0 Å². The van der Waals surface area contributed by atoms with Crippen molar-refractivity contribution in [2.75, 3.05) is 11.9 Å². The Kier molecular flexibility index (Phi) is 8.82. The molecule has 0 saturated heterocycles. The summed E-state index contributed by atoms with van der Waals surface area (Å²) in [6.45, 7) is 6.07. The van der Waals surface area contributed by atoms with Crippen molar-refractivity contribution in [3.8, 4) is 16.9 Å². The molecule has 0 radical (unpaired) electrons. The Hall–Kier alpha value is -2.97. The predicted octanol–water partition coefficient (Wildman–Crippen LogP) is 6.13. The Bertz CT molecular complexity index is 1210. The number of amides is 1. The molecule has 0 spiro atoms. The van der Waals surface area contributed by atoms with Crippen LogP contribution in [-0.4, -0.2) is 43.4 Å². The van der Waals surface area contributed by atoms with Gasteiger partial charge in [-0.15, -0.1) is 5.10 Å². The maximum absolute atomic E-state index is 12.8. The van der Waals surface area contributed by atoms with E-state index in [4.69, 9.17) is 16.3 Å².